The monoisotopic (exact) mass is 261 g/mol. The van der Waals surface area contributed by atoms with Crippen LogP contribution in [-0.4, -0.2) is 24.8 Å². The fraction of sp³-hybridized carbons (Fsp3) is 0.556. The summed E-state index contributed by atoms with van der Waals surface area (Å²) in [5.41, 5.74) is 0. The molecule has 13 heavy (non-hydrogen) atoms. The first-order valence-corrected chi connectivity index (χ1v) is 6.04. The van der Waals surface area contributed by atoms with E-state index in [1.165, 1.54) is 4.88 Å². The Balaban J connectivity index is 2.15. The summed E-state index contributed by atoms with van der Waals surface area (Å²) in [5.74, 6) is 0.895. The normalized spacial score (nSPS) is 28.2. The average Bonchev–Trinajstić information content (AvgIpc) is 2.71. The van der Waals surface area contributed by atoms with Gasteiger partial charge >= 0.3 is 0 Å². The Labute approximate surface area is 90.1 Å². The second kappa shape index (κ2) is 4.09. The highest BCUT2D eigenvalue weighted by Gasteiger charge is 2.28. The largest absolute Gasteiger partial charge is 0.396 e. The number of halogens is 1. The van der Waals surface area contributed by atoms with Crippen molar-refractivity contribution in [3.8, 4) is 0 Å². The highest BCUT2D eigenvalue weighted by Crippen LogP contribution is 2.33. The third-order valence-corrected chi connectivity index (χ3v) is 4.35. The molecular formula is C9H12BrNOS. The van der Waals surface area contributed by atoms with Crippen LogP contribution in [0.3, 0.4) is 0 Å². The smallest absolute Gasteiger partial charge is 0.0478 e. The second-order valence-corrected chi connectivity index (χ2v) is 5.23. The molecule has 2 nitrogen and oxygen atoms in total. The summed E-state index contributed by atoms with van der Waals surface area (Å²) in [7, 11) is 0. The third-order valence-electron chi connectivity index (χ3n) is 2.53. The van der Waals surface area contributed by atoms with Crippen LogP contribution in [0.4, 0.5) is 0 Å². The van der Waals surface area contributed by atoms with Crippen LogP contribution >= 0.6 is 27.3 Å². The molecule has 1 aromatic heterocycles. The van der Waals surface area contributed by atoms with Crippen LogP contribution in [0, 0.1) is 5.92 Å². The van der Waals surface area contributed by atoms with Crippen molar-refractivity contribution < 1.29 is 5.11 Å². The van der Waals surface area contributed by atoms with Crippen LogP contribution in [0.2, 0.25) is 0 Å². The molecule has 4 heteroatoms. The van der Waals surface area contributed by atoms with Gasteiger partial charge in [-0.25, -0.2) is 0 Å². The molecule has 2 atom stereocenters. The summed E-state index contributed by atoms with van der Waals surface area (Å²) in [5, 5.41) is 14.6. The van der Waals surface area contributed by atoms with Gasteiger partial charge in [-0.3, -0.25) is 0 Å². The summed E-state index contributed by atoms with van der Waals surface area (Å²) in [4.78, 5) is 1.37. The lowest BCUT2D eigenvalue weighted by Gasteiger charge is -2.13. The van der Waals surface area contributed by atoms with E-state index in [1.54, 1.807) is 11.3 Å². The van der Waals surface area contributed by atoms with Gasteiger partial charge in [0.1, 0.15) is 0 Å². The van der Waals surface area contributed by atoms with E-state index in [9.17, 15) is 0 Å². The molecule has 0 aliphatic carbocycles. The van der Waals surface area contributed by atoms with Crippen molar-refractivity contribution in [2.75, 3.05) is 19.7 Å². The molecule has 2 heterocycles. The van der Waals surface area contributed by atoms with Gasteiger partial charge in [0.15, 0.2) is 0 Å². The maximum Gasteiger partial charge on any atom is 0.0478 e. The fourth-order valence-corrected chi connectivity index (χ4v) is 3.42. The van der Waals surface area contributed by atoms with Crippen molar-refractivity contribution in [1.29, 1.82) is 0 Å². The summed E-state index contributed by atoms with van der Waals surface area (Å²) in [6, 6.07) is 2.16. The van der Waals surface area contributed by atoms with Crippen molar-refractivity contribution in [2.45, 2.75) is 5.92 Å². The van der Waals surface area contributed by atoms with Crippen molar-refractivity contribution in [3.05, 3.63) is 20.8 Å². The van der Waals surface area contributed by atoms with Gasteiger partial charge in [-0.05, 0) is 22.0 Å². The second-order valence-electron chi connectivity index (χ2n) is 3.37. The maximum atomic E-state index is 9.16. The Kier molecular flexibility index (Phi) is 3.03. The summed E-state index contributed by atoms with van der Waals surface area (Å²) >= 11 is 5.22. The van der Waals surface area contributed by atoms with Crippen molar-refractivity contribution >= 4 is 27.3 Å². The van der Waals surface area contributed by atoms with E-state index in [0.717, 1.165) is 17.6 Å². The van der Waals surface area contributed by atoms with Gasteiger partial charge in [0.2, 0.25) is 0 Å². The standard InChI is InChI=1S/C9H12BrNOS/c10-7-1-9(13-5-7)8-3-11-2-6(8)4-12/h1,5-6,8,11-12H,2-4H2/t6-,8-/m0/s1. The number of thiophene rings is 1. The lowest BCUT2D eigenvalue weighted by Crippen LogP contribution is -2.14. The first kappa shape index (κ1) is 9.65. The van der Waals surface area contributed by atoms with Gasteiger partial charge in [-0.2, -0.15) is 0 Å². The molecule has 0 spiro atoms. The van der Waals surface area contributed by atoms with E-state index >= 15 is 0 Å². The van der Waals surface area contributed by atoms with Crippen LogP contribution in [0.25, 0.3) is 0 Å². The number of aliphatic hydroxyl groups is 1. The molecule has 0 saturated carbocycles. The van der Waals surface area contributed by atoms with Crippen LogP contribution < -0.4 is 5.32 Å². The topological polar surface area (TPSA) is 32.3 Å². The Hall–Kier alpha value is 0.1000. The zero-order valence-electron chi connectivity index (χ0n) is 7.16. The summed E-state index contributed by atoms with van der Waals surface area (Å²) < 4.78 is 1.15. The van der Waals surface area contributed by atoms with Crippen LogP contribution in [0.1, 0.15) is 10.8 Å². The highest BCUT2D eigenvalue weighted by molar-refractivity contribution is 9.10. The van der Waals surface area contributed by atoms with E-state index in [4.69, 9.17) is 5.11 Å². The predicted octanol–water partition coefficient (Wildman–Crippen LogP) is 1.81. The van der Waals surface area contributed by atoms with Gasteiger partial charge in [-0.1, -0.05) is 0 Å². The first-order chi connectivity index (χ1) is 6.31. The highest BCUT2D eigenvalue weighted by atomic mass is 79.9. The molecule has 1 aromatic rings. The molecule has 2 rings (SSSR count). The van der Waals surface area contributed by atoms with Gasteiger partial charge < -0.3 is 10.4 Å². The Morgan fingerprint density at radius 1 is 1.62 bits per heavy atom. The van der Waals surface area contributed by atoms with Gasteiger partial charge in [0.05, 0.1) is 0 Å². The maximum absolute atomic E-state index is 9.16. The van der Waals surface area contributed by atoms with E-state index in [2.05, 4.69) is 32.7 Å². The SMILES string of the molecule is OC[C@@H]1CNC[C@@H]1c1cc(Br)cs1. The quantitative estimate of drug-likeness (QED) is 0.852. The number of hydrogen-bond donors (Lipinski definition) is 2. The van der Waals surface area contributed by atoms with Crippen molar-refractivity contribution in [1.82, 2.24) is 5.32 Å². The van der Waals surface area contributed by atoms with E-state index < -0.39 is 0 Å². The molecule has 0 aromatic carbocycles. The molecule has 0 bridgehead atoms. The van der Waals surface area contributed by atoms with E-state index in [0.29, 0.717) is 11.8 Å². The molecule has 0 amide bonds. The van der Waals surface area contributed by atoms with Crippen molar-refractivity contribution in [2.24, 2.45) is 5.92 Å². The minimum Gasteiger partial charge on any atom is -0.396 e. The molecule has 0 radical (unpaired) electrons. The Morgan fingerprint density at radius 2 is 2.46 bits per heavy atom. The number of aliphatic hydroxyl groups excluding tert-OH is 1. The van der Waals surface area contributed by atoms with Crippen LogP contribution in [0.15, 0.2) is 15.9 Å². The zero-order valence-corrected chi connectivity index (χ0v) is 9.57. The minimum atomic E-state index is 0.285. The summed E-state index contributed by atoms with van der Waals surface area (Å²) in [6.07, 6.45) is 0. The lowest BCUT2D eigenvalue weighted by atomic mass is 9.95. The van der Waals surface area contributed by atoms with E-state index in [1.807, 2.05) is 0 Å². The number of rotatable bonds is 2. The van der Waals surface area contributed by atoms with Crippen LogP contribution in [-0.2, 0) is 0 Å². The van der Waals surface area contributed by atoms with E-state index in [-0.39, 0.29) is 6.61 Å². The molecule has 72 valence electrons. The third kappa shape index (κ3) is 1.96. The molecule has 0 unspecified atom stereocenters. The fourth-order valence-electron chi connectivity index (χ4n) is 1.78. The molecule has 1 aliphatic heterocycles. The molecule has 1 fully saturated rings. The van der Waals surface area contributed by atoms with Crippen LogP contribution in [0.5, 0.6) is 0 Å². The lowest BCUT2D eigenvalue weighted by molar-refractivity contribution is 0.227. The van der Waals surface area contributed by atoms with Gasteiger partial charge in [0.25, 0.3) is 0 Å². The average molecular weight is 262 g/mol. The minimum absolute atomic E-state index is 0.285. The Morgan fingerprint density at radius 3 is 3.08 bits per heavy atom. The zero-order chi connectivity index (χ0) is 9.26. The molecule has 1 saturated heterocycles. The number of hydrogen-bond acceptors (Lipinski definition) is 3. The number of nitrogens with one attached hydrogen (secondary N) is 1. The molecule has 1 aliphatic rings. The van der Waals surface area contributed by atoms with Crippen molar-refractivity contribution in [3.63, 3.8) is 0 Å². The summed E-state index contributed by atoms with van der Waals surface area (Å²) in [6.45, 7) is 2.22. The molecular weight excluding hydrogens is 250 g/mol. The predicted molar refractivity (Wildman–Crippen MR) is 58.2 cm³/mol. The van der Waals surface area contributed by atoms with Gasteiger partial charge in [0, 0.05) is 46.3 Å². The Bertz CT molecular complexity index is 289. The first-order valence-electron chi connectivity index (χ1n) is 4.36. The van der Waals surface area contributed by atoms with Gasteiger partial charge in [-0.15, -0.1) is 11.3 Å². The molecule has 2 N–H and O–H groups in total.